The molecule has 4 aromatic rings. The van der Waals surface area contributed by atoms with E-state index in [4.69, 9.17) is 0 Å². The largest absolute Gasteiger partial charge is 0.344 e. The molecule has 3 aromatic heterocycles. The summed E-state index contributed by atoms with van der Waals surface area (Å²) in [5.74, 6) is 1.31. The number of carbonyl (C=O) groups is 1. The van der Waals surface area contributed by atoms with Crippen LogP contribution in [-0.2, 0) is 11.2 Å². The van der Waals surface area contributed by atoms with Crippen LogP contribution in [0.15, 0.2) is 64.4 Å². The van der Waals surface area contributed by atoms with Crippen LogP contribution in [0.25, 0.3) is 0 Å². The average molecular weight is 481 g/mol. The summed E-state index contributed by atoms with van der Waals surface area (Å²) in [6, 6.07) is 17.0. The number of nitrogens with zero attached hydrogens (tertiary/aromatic N) is 3. The first-order valence-corrected chi connectivity index (χ1v) is 13.4. The summed E-state index contributed by atoms with van der Waals surface area (Å²) >= 11 is 4.88. The van der Waals surface area contributed by atoms with Gasteiger partial charge < -0.3 is 9.88 Å². The summed E-state index contributed by atoms with van der Waals surface area (Å²) in [6.45, 7) is 2.07. The maximum Gasteiger partial charge on any atom is 0.231 e. The molecule has 5 nitrogen and oxygen atoms in total. The molecule has 164 valence electrons. The standard InChI is InChI=1S/C24H24N4OS3/c1-16-6-8-17(9-7-16)23(20-5-3-13-31-20)25-22(29)15-32-24-27-26-21(28(24)18-10-11-18)14-19-4-2-12-30-19/h2-9,12-13,18,23H,10-11,14-15H2,1H3,(H,25,29). The quantitative estimate of drug-likeness (QED) is 0.315. The molecule has 1 amide bonds. The SMILES string of the molecule is Cc1ccc(C(NC(=O)CSc2nnc(Cc3cccs3)n2C2CC2)c2cccs2)cc1. The van der Waals surface area contributed by atoms with Gasteiger partial charge in [-0.3, -0.25) is 4.79 Å². The van der Waals surface area contributed by atoms with E-state index < -0.39 is 0 Å². The normalized spacial score (nSPS) is 14.4. The lowest BCUT2D eigenvalue weighted by molar-refractivity contribution is -0.119. The van der Waals surface area contributed by atoms with E-state index in [-0.39, 0.29) is 11.9 Å². The first kappa shape index (κ1) is 21.4. The van der Waals surface area contributed by atoms with Crippen LogP contribution in [-0.4, -0.2) is 26.4 Å². The van der Waals surface area contributed by atoms with Gasteiger partial charge in [0.2, 0.25) is 5.91 Å². The molecule has 1 aromatic carbocycles. The fraction of sp³-hybridized carbons (Fsp3) is 0.292. The zero-order valence-corrected chi connectivity index (χ0v) is 20.2. The molecule has 1 fully saturated rings. The third kappa shape index (κ3) is 4.98. The van der Waals surface area contributed by atoms with Gasteiger partial charge in [-0.25, -0.2) is 0 Å². The van der Waals surface area contributed by atoms with Crippen molar-refractivity contribution in [1.82, 2.24) is 20.1 Å². The highest BCUT2D eigenvalue weighted by Crippen LogP contribution is 2.39. The molecule has 0 saturated heterocycles. The Morgan fingerprint density at radius 3 is 2.59 bits per heavy atom. The number of aryl methyl sites for hydroxylation is 1. The molecule has 1 N–H and O–H groups in total. The molecule has 1 atom stereocenters. The predicted molar refractivity (Wildman–Crippen MR) is 132 cm³/mol. The lowest BCUT2D eigenvalue weighted by Crippen LogP contribution is -2.30. The molecule has 1 aliphatic carbocycles. The second-order valence-corrected chi connectivity index (χ2v) is 10.9. The van der Waals surface area contributed by atoms with Crippen LogP contribution in [0.4, 0.5) is 0 Å². The van der Waals surface area contributed by atoms with Gasteiger partial charge in [0.25, 0.3) is 0 Å². The minimum Gasteiger partial charge on any atom is -0.344 e. The van der Waals surface area contributed by atoms with Gasteiger partial charge in [-0.15, -0.1) is 32.9 Å². The Balaban J connectivity index is 1.28. The van der Waals surface area contributed by atoms with Gasteiger partial charge in [0, 0.05) is 22.2 Å². The van der Waals surface area contributed by atoms with Gasteiger partial charge in [0.15, 0.2) is 5.16 Å². The van der Waals surface area contributed by atoms with E-state index >= 15 is 0 Å². The smallest absolute Gasteiger partial charge is 0.231 e. The highest BCUT2D eigenvalue weighted by molar-refractivity contribution is 7.99. The van der Waals surface area contributed by atoms with Crippen molar-refractivity contribution in [2.24, 2.45) is 0 Å². The second-order valence-electron chi connectivity index (χ2n) is 7.97. The van der Waals surface area contributed by atoms with Crippen LogP contribution in [0.1, 0.15) is 51.6 Å². The van der Waals surface area contributed by atoms with Crippen molar-refractivity contribution in [2.75, 3.05) is 5.75 Å². The number of nitrogens with one attached hydrogen (secondary N) is 1. The monoisotopic (exact) mass is 480 g/mol. The number of thiophene rings is 2. The second kappa shape index (κ2) is 9.60. The lowest BCUT2D eigenvalue weighted by Gasteiger charge is -2.18. The Hall–Kier alpha value is -2.42. The number of amides is 1. The van der Waals surface area contributed by atoms with E-state index in [9.17, 15) is 4.79 Å². The van der Waals surface area contributed by atoms with Crippen molar-refractivity contribution >= 4 is 40.3 Å². The summed E-state index contributed by atoms with van der Waals surface area (Å²) in [7, 11) is 0. The summed E-state index contributed by atoms with van der Waals surface area (Å²) < 4.78 is 2.24. The minimum atomic E-state index is -0.139. The number of carbonyl (C=O) groups excluding carboxylic acids is 1. The highest BCUT2D eigenvalue weighted by Gasteiger charge is 2.30. The van der Waals surface area contributed by atoms with Crippen LogP contribution in [0, 0.1) is 6.92 Å². The van der Waals surface area contributed by atoms with E-state index in [0.717, 1.165) is 40.7 Å². The van der Waals surface area contributed by atoms with Crippen molar-refractivity contribution in [1.29, 1.82) is 0 Å². The van der Waals surface area contributed by atoms with Gasteiger partial charge >= 0.3 is 0 Å². The average Bonchev–Trinajstić information content (AvgIpc) is 3.19. The molecule has 5 rings (SSSR count). The van der Waals surface area contributed by atoms with Crippen LogP contribution in [0.3, 0.4) is 0 Å². The Morgan fingerprint density at radius 2 is 1.91 bits per heavy atom. The number of benzene rings is 1. The third-order valence-electron chi connectivity index (χ3n) is 5.44. The molecule has 1 unspecified atom stereocenters. The van der Waals surface area contributed by atoms with Crippen molar-refractivity contribution in [3.63, 3.8) is 0 Å². The van der Waals surface area contributed by atoms with Crippen LogP contribution >= 0.6 is 34.4 Å². The van der Waals surface area contributed by atoms with E-state index in [2.05, 4.69) is 74.8 Å². The molecule has 0 spiro atoms. The number of hydrogen-bond donors (Lipinski definition) is 1. The van der Waals surface area contributed by atoms with Crippen molar-refractivity contribution in [2.45, 2.75) is 43.4 Å². The number of thioether (sulfide) groups is 1. The van der Waals surface area contributed by atoms with Crippen LogP contribution < -0.4 is 5.32 Å². The predicted octanol–water partition coefficient (Wildman–Crippen LogP) is 5.63. The van der Waals surface area contributed by atoms with Gasteiger partial charge in [0.1, 0.15) is 5.82 Å². The molecule has 32 heavy (non-hydrogen) atoms. The van der Waals surface area contributed by atoms with Gasteiger partial charge in [-0.05, 0) is 48.2 Å². The molecular weight excluding hydrogens is 456 g/mol. The lowest BCUT2D eigenvalue weighted by atomic mass is 10.0. The Morgan fingerprint density at radius 1 is 1.12 bits per heavy atom. The van der Waals surface area contributed by atoms with Crippen LogP contribution in [0.5, 0.6) is 0 Å². The van der Waals surface area contributed by atoms with E-state index in [1.807, 2.05) is 11.4 Å². The Labute approximate surface area is 199 Å². The van der Waals surface area contributed by atoms with Crippen molar-refractivity contribution < 1.29 is 4.79 Å². The summed E-state index contributed by atoms with van der Waals surface area (Å²) in [5.41, 5.74) is 2.30. The van der Waals surface area contributed by atoms with E-state index in [1.54, 1.807) is 22.7 Å². The Bertz CT molecular complexity index is 1160. The number of rotatable bonds is 9. The molecule has 3 heterocycles. The zero-order chi connectivity index (χ0) is 21.9. The maximum atomic E-state index is 12.9. The summed E-state index contributed by atoms with van der Waals surface area (Å²) in [4.78, 5) is 15.4. The maximum absolute atomic E-state index is 12.9. The molecule has 1 aliphatic rings. The zero-order valence-electron chi connectivity index (χ0n) is 17.7. The first-order chi connectivity index (χ1) is 15.7. The van der Waals surface area contributed by atoms with Crippen molar-refractivity contribution in [3.8, 4) is 0 Å². The molecular formula is C24H24N4OS3. The summed E-state index contributed by atoms with van der Waals surface area (Å²) in [5, 5.41) is 17.1. The van der Waals surface area contributed by atoms with Gasteiger partial charge in [0.05, 0.1) is 11.8 Å². The number of aromatic nitrogens is 3. The molecule has 0 radical (unpaired) electrons. The highest BCUT2D eigenvalue weighted by atomic mass is 32.2. The molecule has 0 bridgehead atoms. The fourth-order valence-corrected chi connectivity index (χ4v) is 6.00. The van der Waals surface area contributed by atoms with Crippen molar-refractivity contribution in [3.05, 3.63) is 86.0 Å². The third-order valence-corrected chi connectivity index (χ3v) is 8.19. The van der Waals surface area contributed by atoms with E-state index in [0.29, 0.717) is 11.8 Å². The molecule has 8 heteroatoms. The molecule has 1 saturated carbocycles. The summed E-state index contributed by atoms with van der Waals surface area (Å²) in [6.07, 6.45) is 3.11. The van der Waals surface area contributed by atoms with Crippen LogP contribution in [0.2, 0.25) is 0 Å². The topological polar surface area (TPSA) is 59.8 Å². The number of hydrogen-bond acceptors (Lipinski definition) is 6. The Kier molecular flexibility index (Phi) is 6.43. The minimum absolute atomic E-state index is 0.000807. The first-order valence-electron chi connectivity index (χ1n) is 10.7. The van der Waals surface area contributed by atoms with Gasteiger partial charge in [-0.2, -0.15) is 0 Å². The van der Waals surface area contributed by atoms with Gasteiger partial charge in [-0.1, -0.05) is 53.7 Å². The molecule has 0 aliphatic heterocycles. The van der Waals surface area contributed by atoms with E-state index in [1.165, 1.54) is 22.2 Å². The fourth-order valence-electron chi connectivity index (χ4n) is 3.66.